The average molecular weight is 539 g/mol. The second kappa shape index (κ2) is 12.2. The quantitative estimate of drug-likeness (QED) is 0.465. The number of sulfonamides is 1. The molecule has 38 heavy (non-hydrogen) atoms. The summed E-state index contributed by atoms with van der Waals surface area (Å²) >= 11 is 0. The normalized spacial score (nSPS) is 20.9. The van der Waals surface area contributed by atoms with Crippen molar-refractivity contribution in [2.24, 2.45) is 5.92 Å². The molecule has 2 aromatic rings. The van der Waals surface area contributed by atoms with E-state index in [0.717, 1.165) is 64.0 Å². The predicted molar refractivity (Wildman–Crippen MR) is 153 cm³/mol. The van der Waals surface area contributed by atoms with Crippen LogP contribution in [0.2, 0.25) is 0 Å². The second-order valence-corrected chi connectivity index (χ2v) is 12.8. The maximum Gasteiger partial charge on any atom is 0.243 e. The van der Waals surface area contributed by atoms with Crippen molar-refractivity contribution in [2.45, 2.75) is 75.6 Å². The zero-order chi connectivity index (χ0) is 26.5. The number of piperazine rings is 1. The van der Waals surface area contributed by atoms with Crippen LogP contribution in [0.15, 0.2) is 47.4 Å². The van der Waals surface area contributed by atoms with Gasteiger partial charge in [0, 0.05) is 44.3 Å². The van der Waals surface area contributed by atoms with Gasteiger partial charge in [-0.05, 0) is 67.5 Å². The van der Waals surface area contributed by atoms with Crippen molar-refractivity contribution >= 4 is 27.3 Å². The molecule has 1 aliphatic heterocycles. The first-order chi connectivity index (χ1) is 18.4. The van der Waals surface area contributed by atoms with E-state index < -0.39 is 10.0 Å². The van der Waals surface area contributed by atoms with Gasteiger partial charge in [0.1, 0.15) is 4.90 Å². The van der Waals surface area contributed by atoms with Gasteiger partial charge >= 0.3 is 0 Å². The molecule has 0 unspecified atom stereocenters. The van der Waals surface area contributed by atoms with Crippen LogP contribution in [0.4, 0.5) is 11.4 Å². The topological polar surface area (TPSA) is 81.8 Å². The monoisotopic (exact) mass is 538 g/mol. The number of aryl methyl sites for hydroxylation is 1. The van der Waals surface area contributed by atoms with Gasteiger partial charge in [0.05, 0.1) is 5.69 Å². The summed E-state index contributed by atoms with van der Waals surface area (Å²) in [7, 11) is -3.84. The summed E-state index contributed by atoms with van der Waals surface area (Å²) in [5.74, 6) is 0.599. The van der Waals surface area contributed by atoms with Crippen LogP contribution in [0, 0.1) is 5.92 Å². The van der Waals surface area contributed by atoms with Gasteiger partial charge in [0.25, 0.3) is 0 Å². The number of rotatable bonds is 9. The Kier molecular flexibility index (Phi) is 8.71. The van der Waals surface area contributed by atoms with Gasteiger partial charge < -0.3 is 15.1 Å². The van der Waals surface area contributed by atoms with Crippen molar-refractivity contribution in [1.82, 2.24) is 9.62 Å². The molecule has 8 heteroatoms. The molecular formula is C30H42N4O3S. The molecule has 2 aliphatic carbocycles. The summed E-state index contributed by atoms with van der Waals surface area (Å²) in [4.78, 5) is 17.5. The average Bonchev–Trinajstić information content (AvgIpc) is 3.46. The molecule has 0 bridgehead atoms. The van der Waals surface area contributed by atoms with Crippen LogP contribution in [0.5, 0.6) is 0 Å². The molecule has 2 fully saturated rings. The number of benzene rings is 2. The van der Waals surface area contributed by atoms with E-state index >= 15 is 0 Å². The molecule has 7 nitrogen and oxygen atoms in total. The fraction of sp³-hybridized carbons (Fsp3) is 0.567. The Hall–Kier alpha value is -2.42. The third-order valence-corrected chi connectivity index (χ3v) is 10.1. The first-order valence-corrected chi connectivity index (χ1v) is 15.9. The first-order valence-electron chi connectivity index (χ1n) is 14.4. The highest BCUT2D eigenvalue weighted by atomic mass is 32.2. The molecule has 1 amide bonds. The fourth-order valence-electron chi connectivity index (χ4n) is 6.36. The molecule has 3 aliphatic rings. The van der Waals surface area contributed by atoms with Crippen LogP contribution in [0.3, 0.4) is 0 Å². The van der Waals surface area contributed by atoms with E-state index in [4.69, 9.17) is 0 Å². The number of likely N-dealkylation sites (N-methyl/N-ethyl adjacent to an activating group) is 1. The van der Waals surface area contributed by atoms with E-state index in [2.05, 4.69) is 32.8 Å². The van der Waals surface area contributed by atoms with E-state index in [9.17, 15) is 13.2 Å². The number of amides is 1. The Morgan fingerprint density at radius 2 is 1.74 bits per heavy atom. The van der Waals surface area contributed by atoms with Gasteiger partial charge in [-0.2, -0.15) is 0 Å². The molecule has 1 saturated heterocycles. The van der Waals surface area contributed by atoms with E-state index in [1.54, 1.807) is 6.07 Å². The first kappa shape index (κ1) is 27.2. The van der Waals surface area contributed by atoms with Gasteiger partial charge in [-0.3, -0.25) is 4.79 Å². The van der Waals surface area contributed by atoms with E-state index in [-0.39, 0.29) is 16.8 Å². The predicted octanol–water partition coefficient (Wildman–Crippen LogP) is 5.09. The number of nitrogens with one attached hydrogen (secondary N) is 2. The lowest BCUT2D eigenvalue weighted by atomic mass is 9.88. The Labute approximate surface area is 228 Å². The molecule has 2 N–H and O–H groups in total. The zero-order valence-corrected chi connectivity index (χ0v) is 23.4. The highest BCUT2D eigenvalue weighted by Gasteiger charge is 2.30. The number of hydrogen-bond acceptors (Lipinski definition) is 5. The molecule has 1 saturated carbocycles. The molecule has 0 radical (unpaired) electrons. The van der Waals surface area contributed by atoms with Gasteiger partial charge in [-0.25, -0.2) is 13.1 Å². The van der Waals surface area contributed by atoms with Crippen molar-refractivity contribution in [3.05, 3.63) is 53.6 Å². The molecule has 1 atom stereocenters. The lowest BCUT2D eigenvalue weighted by Crippen LogP contribution is -2.46. The van der Waals surface area contributed by atoms with Crippen LogP contribution in [0.25, 0.3) is 0 Å². The fourth-order valence-corrected chi connectivity index (χ4v) is 7.86. The lowest BCUT2D eigenvalue weighted by Gasteiger charge is -2.36. The summed E-state index contributed by atoms with van der Waals surface area (Å²) in [6, 6.07) is 13.3. The smallest absolute Gasteiger partial charge is 0.243 e. The maximum atomic E-state index is 14.0. The summed E-state index contributed by atoms with van der Waals surface area (Å²) in [6.07, 6.45) is 9.04. The van der Waals surface area contributed by atoms with Crippen LogP contribution >= 0.6 is 0 Å². The number of carbonyl (C=O) groups excluding carboxylic acids is 1. The number of carbonyl (C=O) groups is 1. The minimum atomic E-state index is -3.84. The van der Waals surface area contributed by atoms with Crippen molar-refractivity contribution in [3.63, 3.8) is 0 Å². The molecule has 0 spiro atoms. The molecule has 0 aromatic heterocycles. The van der Waals surface area contributed by atoms with E-state index in [1.165, 1.54) is 31.2 Å². The lowest BCUT2D eigenvalue weighted by molar-refractivity contribution is -0.116. The van der Waals surface area contributed by atoms with Crippen molar-refractivity contribution < 1.29 is 13.2 Å². The van der Waals surface area contributed by atoms with Crippen molar-refractivity contribution in [1.29, 1.82) is 0 Å². The van der Waals surface area contributed by atoms with Gasteiger partial charge in [0.2, 0.25) is 15.9 Å². The van der Waals surface area contributed by atoms with E-state index in [0.29, 0.717) is 23.7 Å². The minimum absolute atomic E-state index is 0.0428. The highest BCUT2D eigenvalue weighted by Crippen LogP contribution is 2.34. The number of anilines is 2. The summed E-state index contributed by atoms with van der Waals surface area (Å²) < 4.78 is 31.0. The van der Waals surface area contributed by atoms with Gasteiger partial charge in [0.15, 0.2) is 0 Å². The standard InChI is InChI=1S/C30H42N4O3S/c1-2-33-18-20-34(21-19-33)28-16-15-25(31-30(35)17-14-23-8-3-4-9-23)22-29(28)38(36,37)32-27-13-7-11-24-10-5-6-12-26(24)27/h5-6,10,12,15-16,22-23,27,32H,2-4,7-9,11,13-14,17-21H2,1H3,(H,31,35)/t27-/m0/s1. The SMILES string of the molecule is CCN1CCN(c2ccc(NC(=O)CCC3CCCC3)cc2S(=O)(=O)N[C@H]2CCCc3ccccc32)CC1. The van der Waals surface area contributed by atoms with Gasteiger partial charge in [-0.15, -0.1) is 0 Å². The highest BCUT2D eigenvalue weighted by molar-refractivity contribution is 7.89. The molecule has 206 valence electrons. The number of nitrogens with zero attached hydrogens (tertiary/aromatic N) is 2. The Balaban J connectivity index is 1.38. The van der Waals surface area contributed by atoms with Crippen LogP contribution in [-0.2, 0) is 21.2 Å². The largest absolute Gasteiger partial charge is 0.368 e. The Bertz CT molecular complexity index is 1220. The zero-order valence-electron chi connectivity index (χ0n) is 22.6. The number of fused-ring (bicyclic) bond motifs is 1. The third-order valence-electron chi connectivity index (χ3n) is 8.61. The molecule has 1 heterocycles. The summed E-state index contributed by atoms with van der Waals surface area (Å²) in [6.45, 7) is 6.50. The second-order valence-electron chi connectivity index (χ2n) is 11.1. The number of hydrogen-bond donors (Lipinski definition) is 2. The molecular weight excluding hydrogens is 496 g/mol. The van der Waals surface area contributed by atoms with Crippen molar-refractivity contribution in [2.75, 3.05) is 42.9 Å². The molecule has 5 rings (SSSR count). The van der Waals surface area contributed by atoms with Crippen molar-refractivity contribution in [3.8, 4) is 0 Å². The Morgan fingerprint density at radius 1 is 0.974 bits per heavy atom. The molecule has 2 aromatic carbocycles. The van der Waals surface area contributed by atoms with Gasteiger partial charge in [-0.1, -0.05) is 56.9 Å². The van der Waals surface area contributed by atoms with E-state index in [1.807, 2.05) is 30.3 Å². The van der Waals surface area contributed by atoms with Crippen LogP contribution < -0.4 is 14.9 Å². The minimum Gasteiger partial charge on any atom is -0.368 e. The Morgan fingerprint density at radius 3 is 2.50 bits per heavy atom. The van der Waals surface area contributed by atoms with Crippen LogP contribution in [0.1, 0.15) is 75.5 Å². The summed E-state index contributed by atoms with van der Waals surface area (Å²) in [5, 5.41) is 2.99. The maximum absolute atomic E-state index is 14.0. The summed E-state index contributed by atoms with van der Waals surface area (Å²) in [5.41, 5.74) is 3.53. The third kappa shape index (κ3) is 6.41. The van der Waals surface area contributed by atoms with Crippen LogP contribution in [-0.4, -0.2) is 51.9 Å².